The molecule has 30 heavy (non-hydrogen) atoms. The van der Waals surface area contributed by atoms with Crippen molar-refractivity contribution in [1.29, 1.82) is 0 Å². The standard InChI is InChI=1S/C21H15Cl2N5OS/c22-14-6-11-18(19(23)12-14)21(29)24-15-7-9-17(10-8-15)30-13-20-25-26-27-28(20)16-4-2-1-3-5-16/h1-12H,13H2,(H,24,29). The molecule has 0 atom stereocenters. The molecule has 1 N–H and O–H groups in total. The number of aromatic nitrogens is 4. The van der Waals surface area contributed by atoms with Crippen LogP contribution in [0.2, 0.25) is 10.0 Å². The van der Waals surface area contributed by atoms with Crippen LogP contribution in [0, 0.1) is 0 Å². The Balaban J connectivity index is 1.39. The number of amides is 1. The summed E-state index contributed by atoms with van der Waals surface area (Å²) in [4.78, 5) is 13.4. The molecule has 0 aliphatic heterocycles. The first-order valence-electron chi connectivity index (χ1n) is 8.92. The largest absolute Gasteiger partial charge is 0.322 e. The summed E-state index contributed by atoms with van der Waals surface area (Å²) in [6, 6.07) is 22.0. The molecule has 4 rings (SSSR count). The van der Waals surface area contributed by atoms with E-state index in [9.17, 15) is 4.79 Å². The number of thioether (sulfide) groups is 1. The molecule has 0 spiro atoms. The molecule has 0 unspecified atom stereocenters. The smallest absolute Gasteiger partial charge is 0.257 e. The zero-order valence-electron chi connectivity index (χ0n) is 15.5. The Morgan fingerprint density at radius 3 is 2.50 bits per heavy atom. The lowest BCUT2D eigenvalue weighted by Crippen LogP contribution is -2.12. The Kier molecular flexibility index (Phi) is 6.32. The van der Waals surface area contributed by atoms with Crippen LogP contribution in [0.3, 0.4) is 0 Å². The van der Waals surface area contributed by atoms with Gasteiger partial charge in [0.1, 0.15) is 0 Å². The summed E-state index contributed by atoms with van der Waals surface area (Å²) in [6.45, 7) is 0. The lowest BCUT2D eigenvalue weighted by atomic mass is 10.2. The van der Waals surface area contributed by atoms with E-state index < -0.39 is 0 Å². The van der Waals surface area contributed by atoms with Crippen molar-refractivity contribution < 1.29 is 4.79 Å². The number of halogens is 2. The normalized spacial score (nSPS) is 10.7. The van der Waals surface area contributed by atoms with Crippen LogP contribution in [0.5, 0.6) is 0 Å². The van der Waals surface area contributed by atoms with Gasteiger partial charge in [0.2, 0.25) is 0 Å². The first kappa shape index (κ1) is 20.4. The van der Waals surface area contributed by atoms with Crippen LogP contribution in [0.25, 0.3) is 5.69 Å². The highest BCUT2D eigenvalue weighted by Crippen LogP contribution is 2.25. The maximum Gasteiger partial charge on any atom is 0.257 e. The maximum atomic E-state index is 12.4. The molecule has 4 aromatic rings. The van der Waals surface area contributed by atoms with E-state index in [0.29, 0.717) is 27.0 Å². The van der Waals surface area contributed by atoms with Gasteiger partial charge in [-0.2, -0.15) is 4.68 Å². The average Bonchev–Trinajstić information content (AvgIpc) is 3.22. The monoisotopic (exact) mass is 455 g/mol. The molecule has 6 nitrogen and oxygen atoms in total. The third-order valence-electron chi connectivity index (χ3n) is 4.19. The molecule has 0 bridgehead atoms. The van der Waals surface area contributed by atoms with Gasteiger partial charge in [-0.3, -0.25) is 4.79 Å². The summed E-state index contributed by atoms with van der Waals surface area (Å²) in [5, 5.41) is 15.6. The molecule has 0 aliphatic rings. The zero-order chi connectivity index (χ0) is 20.9. The number of carbonyl (C=O) groups is 1. The van der Waals surface area contributed by atoms with Gasteiger partial charge in [-0.05, 0) is 65.0 Å². The molecule has 0 saturated carbocycles. The molecule has 0 saturated heterocycles. The van der Waals surface area contributed by atoms with Crippen molar-refractivity contribution in [3.63, 3.8) is 0 Å². The van der Waals surface area contributed by atoms with Crippen LogP contribution in [0.15, 0.2) is 77.7 Å². The van der Waals surface area contributed by atoms with E-state index in [4.69, 9.17) is 23.2 Å². The Hall–Kier alpha value is -2.87. The van der Waals surface area contributed by atoms with Crippen LogP contribution in [0.4, 0.5) is 5.69 Å². The molecule has 1 heterocycles. The minimum absolute atomic E-state index is 0.292. The van der Waals surface area contributed by atoms with E-state index in [2.05, 4.69) is 20.8 Å². The van der Waals surface area contributed by atoms with Crippen LogP contribution >= 0.6 is 35.0 Å². The predicted molar refractivity (Wildman–Crippen MR) is 120 cm³/mol. The van der Waals surface area contributed by atoms with Crippen LogP contribution in [0.1, 0.15) is 16.2 Å². The van der Waals surface area contributed by atoms with Gasteiger partial charge in [0.15, 0.2) is 5.82 Å². The average molecular weight is 456 g/mol. The summed E-state index contributed by atoms with van der Waals surface area (Å²) in [5.74, 6) is 1.06. The van der Waals surface area contributed by atoms with Gasteiger partial charge in [0, 0.05) is 15.6 Å². The third kappa shape index (κ3) is 4.81. The first-order chi connectivity index (χ1) is 14.6. The molecule has 1 amide bonds. The quantitative estimate of drug-likeness (QED) is 0.387. The van der Waals surface area contributed by atoms with Gasteiger partial charge in [-0.1, -0.05) is 41.4 Å². The molecular weight excluding hydrogens is 441 g/mol. The Bertz CT molecular complexity index is 1170. The van der Waals surface area contributed by atoms with Crippen molar-refractivity contribution in [3.05, 3.63) is 94.2 Å². The Labute approximate surface area is 187 Å². The van der Waals surface area contributed by atoms with Crippen molar-refractivity contribution in [2.24, 2.45) is 0 Å². The SMILES string of the molecule is O=C(Nc1ccc(SCc2nnnn2-c2ccccc2)cc1)c1ccc(Cl)cc1Cl. The van der Waals surface area contributed by atoms with Gasteiger partial charge in [-0.15, -0.1) is 16.9 Å². The highest BCUT2D eigenvalue weighted by molar-refractivity contribution is 7.98. The van der Waals surface area contributed by atoms with Gasteiger partial charge < -0.3 is 5.32 Å². The molecule has 0 aliphatic carbocycles. The molecular formula is C21H15Cl2N5OS. The minimum Gasteiger partial charge on any atom is -0.322 e. The van der Waals surface area contributed by atoms with E-state index in [1.807, 2.05) is 54.6 Å². The highest BCUT2D eigenvalue weighted by atomic mass is 35.5. The second kappa shape index (κ2) is 9.30. The van der Waals surface area contributed by atoms with Gasteiger partial charge >= 0.3 is 0 Å². The molecule has 9 heteroatoms. The summed E-state index contributed by atoms with van der Waals surface area (Å²) >= 11 is 13.6. The summed E-state index contributed by atoms with van der Waals surface area (Å²) in [6.07, 6.45) is 0. The van der Waals surface area contributed by atoms with E-state index >= 15 is 0 Å². The number of hydrogen-bond donors (Lipinski definition) is 1. The van der Waals surface area contributed by atoms with Crippen molar-refractivity contribution in [2.75, 3.05) is 5.32 Å². The lowest BCUT2D eigenvalue weighted by Gasteiger charge is -2.08. The summed E-state index contributed by atoms with van der Waals surface area (Å²) in [7, 11) is 0. The first-order valence-corrected chi connectivity index (χ1v) is 10.7. The number of nitrogens with zero attached hydrogens (tertiary/aromatic N) is 4. The number of anilines is 1. The zero-order valence-corrected chi connectivity index (χ0v) is 17.8. The van der Waals surface area contributed by atoms with Crippen molar-refractivity contribution >= 4 is 46.6 Å². The molecule has 1 aromatic heterocycles. The second-order valence-electron chi connectivity index (χ2n) is 6.23. The van der Waals surface area contributed by atoms with E-state index in [1.54, 1.807) is 34.6 Å². The predicted octanol–water partition coefficient (Wildman–Crippen LogP) is 5.51. The Morgan fingerprint density at radius 1 is 1.00 bits per heavy atom. The third-order valence-corrected chi connectivity index (χ3v) is 5.75. The van der Waals surface area contributed by atoms with E-state index in [0.717, 1.165) is 16.4 Å². The number of hydrogen-bond acceptors (Lipinski definition) is 5. The number of benzene rings is 3. The summed E-state index contributed by atoms with van der Waals surface area (Å²) < 4.78 is 1.72. The number of para-hydroxylation sites is 1. The van der Waals surface area contributed by atoms with Crippen molar-refractivity contribution in [3.8, 4) is 5.69 Å². The fourth-order valence-corrected chi connectivity index (χ4v) is 4.02. The van der Waals surface area contributed by atoms with E-state index in [-0.39, 0.29) is 5.91 Å². The molecule has 0 fully saturated rings. The van der Waals surface area contributed by atoms with Gasteiger partial charge in [0.05, 0.1) is 22.0 Å². The summed E-state index contributed by atoms with van der Waals surface area (Å²) in [5.41, 5.74) is 1.95. The minimum atomic E-state index is -0.292. The number of rotatable bonds is 6. The van der Waals surface area contributed by atoms with Gasteiger partial charge in [-0.25, -0.2) is 0 Å². The Morgan fingerprint density at radius 2 is 1.77 bits per heavy atom. The van der Waals surface area contributed by atoms with Gasteiger partial charge in [0.25, 0.3) is 5.91 Å². The maximum absolute atomic E-state index is 12.4. The highest BCUT2D eigenvalue weighted by Gasteiger charge is 2.12. The number of nitrogens with one attached hydrogen (secondary N) is 1. The lowest BCUT2D eigenvalue weighted by molar-refractivity contribution is 0.102. The topological polar surface area (TPSA) is 72.7 Å². The molecule has 150 valence electrons. The second-order valence-corrected chi connectivity index (χ2v) is 8.13. The fourth-order valence-electron chi connectivity index (χ4n) is 2.72. The van der Waals surface area contributed by atoms with Crippen LogP contribution in [-0.4, -0.2) is 26.1 Å². The molecule has 3 aromatic carbocycles. The molecule has 0 radical (unpaired) electrons. The number of carbonyl (C=O) groups excluding carboxylic acids is 1. The fraction of sp³-hybridized carbons (Fsp3) is 0.0476. The number of tetrazole rings is 1. The van der Waals surface area contributed by atoms with Crippen LogP contribution in [-0.2, 0) is 5.75 Å². The van der Waals surface area contributed by atoms with Crippen molar-refractivity contribution in [2.45, 2.75) is 10.6 Å². The van der Waals surface area contributed by atoms with Crippen molar-refractivity contribution in [1.82, 2.24) is 20.2 Å². The van der Waals surface area contributed by atoms with E-state index in [1.165, 1.54) is 0 Å². The van der Waals surface area contributed by atoms with Crippen LogP contribution < -0.4 is 5.32 Å².